The Kier molecular flexibility index (Phi) is 10.0. The standard InChI is InChI=1S/C25H31ClFN5O4/c1-28-23(16-29-11-14-31-12-9-25(27,10-13-31)18-36-17-24(33)34)32(20-5-3-19(26)4-6-20)22-8-7-21(35-2)15-30-22/h3-8,11,15-16,28H,9-10,12-14,17-18H2,1-2H3,(H,33,34)/b23-16+,29-11?. The number of anilines is 2. The van der Waals surface area contributed by atoms with Crippen LogP contribution in [0, 0.1) is 0 Å². The van der Waals surface area contributed by atoms with E-state index in [2.05, 4.69) is 20.2 Å². The molecule has 9 nitrogen and oxygen atoms in total. The molecule has 2 heterocycles. The molecule has 1 aliphatic heterocycles. The van der Waals surface area contributed by atoms with Gasteiger partial charge in [0.1, 0.15) is 29.7 Å². The van der Waals surface area contributed by atoms with E-state index in [-0.39, 0.29) is 19.4 Å². The zero-order chi connectivity index (χ0) is 26.0. The fraction of sp³-hybridized carbons (Fsp3) is 0.400. The van der Waals surface area contributed by atoms with Crippen molar-refractivity contribution in [3.63, 3.8) is 0 Å². The number of alkyl halides is 1. The van der Waals surface area contributed by atoms with Gasteiger partial charge in [0.15, 0.2) is 0 Å². The third-order valence-corrected chi connectivity index (χ3v) is 6.00. The van der Waals surface area contributed by atoms with Crippen LogP contribution in [0.2, 0.25) is 5.02 Å². The largest absolute Gasteiger partial charge is 0.495 e. The first kappa shape index (κ1) is 27.4. The van der Waals surface area contributed by atoms with Gasteiger partial charge in [0.25, 0.3) is 0 Å². The van der Waals surface area contributed by atoms with Gasteiger partial charge in [-0.15, -0.1) is 0 Å². The van der Waals surface area contributed by atoms with Gasteiger partial charge in [-0.05, 0) is 49.2 Å². The minimum absolute atomic E-state index is 0.199. The molecular formula is C25H31ClFN5O4. The Morgan fingerprint density at radius 3 is 2.61 bits per heavy atom. The van der Waals surface area contributed by atoms with E-state index < -0.39 is 18.2 Å². The Morgan fingerprint density at radius 2 is 2.03 bits per heavy atom. The van der Waals surface area contributed by atoms with Crippen LogP contribution in [0.1, 0.15) is 12.8 Å². The van der Waals surface area contributed by atoms with Gasteiger partial charge in [-0.3, -0.25) is 14.8 Å². The lowest BCUT2D eigenvalue weighted by Crippen LogP contribution is -2.45. The summed E-state index contributed by atoms with van der Waals surface area (Å²) in [6.45, 7) is 0.945. The summed E-state index contributed by atoms with van der Waals surface area (Å²) in [5.74, 6) is 0.895. The molecule has 1 aromatic carbocycles. The number of aliphatic imine (C=N–C) groups is 1. The molecule has 0 radical (unpaired) electrons. The SMILES string of the molecule is CN/C(=C\N=CCN1CCC(F)(COCC(=O)O)CC1)N(c1ccc(Cl)cc1)c1ccc(OC)cn1. The fourth-order valence-corrected chi connectivity index (χ4v) is 3.86. The highest BCUT2D eigenvalue weighted by Gasteiger charge is 2.34. The van der Waals surface area contributed by atoms with Gasteiger partial charge in [0, 0.05) is 43.6 Å². The van der Waals surface area contributed by atoms with E-state index in [1.165, 1.54) is 0 Å². The van der Waals surface area contributed by atoms with Crippen molar-refractivity contribution < 1.29 is 23.8 Å². The Labute approximate surface area is 215 Å². The molecule has 1 aliphatic rings. The molecule has 194 valence electrons. The van der Waals surface area contributed by atoms with Crippen molar-refractivity contribution >= 4 is 35.3 Å². The number of carbonyl (C=O) groups is 1. The molecule has 0 saturated carbocycles. The topological polar surface area (TPSA) is 99.5 Å². The van der Waals surface area contributed by atoms with Gasteiger partial charge in [-0.25, -0.2) is 14.2 Å². The summed E-state index contributed by atoms with van der Waals surface area (Å²) in [5.41, 5.74) is -0.652. The Hall–Kier alpha value is -3.21. The van der Waals surface area contributed by atoms with Crippen LogP contribution in [0.5, 0.6) is 5.75 Å². The molecule has 1 fully saturated rings. The molecule has 3 rings (SSSR count). The number of halogens is 2. The van der Waals surface area contributed by atoms with Crippen molar-refractivity contribution in [3.05, 3.63) is 59.6 Å². The van der Waals surface area contributed by atoms with E-state index >= 15 is 0 Å². The quantitative estimate of drug-likeness (QED) is 0.408. The first-order valence-electron chi connectivity index (χ1n) is 11.5. The molecule has 2 N–H and O–H groups in total. The molecule has 1 saturated heterocycles. The maximum absolute atomic E-state index is 14.8. The molecule has 0 spiro atoms. The predicted molar refractivity (Wildman–Crippen MR) is 138 cm³/mol. The first-order valence-corrected chi connectivity index (χ1v) is 11.9. The molecule has 0 unspecified atom stereocenters. The zero-order valence-electron chi connectivity index (χ0n) is 20.4. The van der Waals surface area contributed by atoms with Gasteiger partial charge >= 0.3 is 5.97 Å². The van der Waals surface area contributed by atoms with Crippen molar-refractivity contribution in [1.82, 2.24) is 15.2 Å². The number of nitrogens with zero attached hydrogens (tertiary/aromatic N) is 4. The van der Waals surface area contributed by atoms with Crippen LogP contribution < -0.4 is 15.0 Å². The number of likely N-dealkylation sites (tertiary alicyclic amines) is 1. The Morgan fingerprint density at radius 1 is 1.31 bits per heavy atom. The molecule has 0 bridgehead atoms. The van der Waals surface area contributed by atoms with Gasteiger partial charge in [-0.2, -0.15) is 0 Å². The third kappa shape index (κ3) is 7.91. The summed E-state index contributed by atoms with van der Waals surface area (Å²) in [6.07, 6.45) is 5.68. The second kappa shape index (κ2) is 13.2. The normalized spacial score (nSPS) is 16.2. The number of nitrogens with one attached hydrogen (secondary N) is 1. The molecular weight excluding hydrogens is 489 g/mol. The van der Waals surface area contributed by atoms with Crippen molar-refractivity contribution in [1.29, 1.82) is 0 Å². The van der Waals surface area contributed by atoms with E-state index in [0.717, 1.165) is 5.69 Å². The predicted octanol–water partition coefficient (Wildman–Crippen LogP) is 3.88. The minimum atomic E-state index is -1.49. The number of carboxylic acid groups (broad SMARTS) is 1. The number of carboxylic acids is 1. The Balaban J connectivity index is 1.65. The lowest BCUT2D eigenvalue weighted by atomic mass is 9.94. The number of aliphatic carboxylic acids is 1. The van der Waals surface area contributed by atoms with Crippen molar-refractivity contribution in [2.45, 2.75) is 18.5 Å². The average Bonchev–Trinajstić information content (AvgIpc) is 2.88. The van der Waals surface area contributed by atoms with Gasteiger partial charge < -0.3 is 19.9 Å². The van der Waals surface area contributed by atoms with Crippen LogP contribution in [0.15, 0.2) is 59.6 Å². The number of hydrogen-bond donors (Lipinski definition) is 2. The smallest absolute Gasteiger partial charge is 0.329 e. The number of rotatable bonds is 12. The number of hydrogen-bond acceptors (Lipinski definition) is 8. The monoisotopic (exact) mass is 519 g/mol. The lowest BCUT2D eigenvalue weighted by molar-refractivity contribution is -0.144. The van der Waals surface area contributed by atoms with Crippen LogP contribution in [0.4, 0.5) is 15.9 Å². The second-order valence-corrected chi connectivity index (χ2v) is 8.74. The summed E-state index contributed by atoms with van der Waals surface area (Å²) in [7, 11) is 3.39. The van der Waals surface area contributed by atoms with Crippen LogP contribution in [-0.4, -0.2) is 79.8 Å². The average molecular weight is 520 g/mol. The molecule has 0 atom stereocenters. The molecule has 0 amide bonds. The maximum atomic E-state index is 14.8. The van der Waals surface area contributed by atoms with Gasteiger partial charge in [0.05, 0.1) is 26.1 Å². The molecule has 11 heteroatoms. The summed E-state index contributed by atoms with van der Waals surface area (Å²) < 4.78 is 25.0. The van der Waals surface area contributed by atoms with Crippen LogP contribution >= 0.6 is 11.6 Å². The number of piperidine rings is 1. The number of methoxy groups -OCH3 is 1. The highest BCUT2D eigenvalue weighted by molar-refractivity contribution is 6.30. The number of benzene rings is 1. The van der Waals surface area contributed by atoms with Gasteiger partial charge in [0.2, 0.25) is 0 Å². The first-order chi connectivity index (χ1) is 17.3. The Bertz CT molecular complexity index is 1040. The molecule has 2 aromatic rings. The third-order valence-electron chi connectivity index (χ3n) is 5.75. The highest BCUT2D eigenvalue weighted by atomic mass is 35.5. The fourth-order valence-electron chi connectivity index (χ4n) is 3.73. The molecule has 36 heavy (non-hydrogen) atoms. The number of ether oxygens (including phenoxy) is 2. The summed E-state index contributed by atoms with van der Waals surface area (Å²) in [5, 5.41) is 12.4. The molecule has 1 aromatic heterocycles. The van der Waals surface area contributed by atoms with Crippen molar-refractivity contribution in [2.75, 3.05) is 51.9 Å². The summed E-state index contributed by atoms with van der Waals surface area (Å²) >= 11 is 6.08. The van der Waals surface area contributed by atoms with Crippen LogP contribution in [-0.2, 0) is 9.53 Å². The maximum Gasteiger partial charge on any atom is 0.329 e. The van der Waals surface area contributed by atoms with E-state index in [1.807, 2.05) is 29.2 Å². The van der Waals surface area contributed by atoms with Crippen molar-refractivity contribution in [3.8, 4) is 5.75 Å². The summed E-state index contributed by atoms with van der Waals surface area (Å²) in [6, 6.07) is 11.1. The van der Waals surface area contributed by atoms with E-state index in [9.17, 15) is 9.18 Å². The lowest BCUT2D eigenvalue weighted by Gasteiger charge is -2.35. The van der Waals surface area contributed by atoms with Crippen LogP contribution in [0.3, 0.4) is 0 Å². The van der Waals surface area contributed by atoms with E-state index in [1.54, 1.807) is 44.9 Å². The summed E-state index contributed by atoms with van der Waals surface area (Å²) in [4.78, 5) is 23.5. The number of pyridine rings is 1. The minimum Gasteiger partial charge on any atom is -0.495 e. The molecule has 0 aliphatic carbocycles. The van der Waals surface area contributed by atoms with Gasteiger partial charge in [-0.1, -0.05) is 11.6 Å². The van der Waals surface area contributed by atoms with E-state index in [4.69, 9.17) is 26.2 Å². The van der Waals surface area contributed by atoms with Crippen LogP contribution in [0.25, 0.3) is 0 Å². The van der Waals surface area contributed by atoms with Crippen molar-refractivity contribution in [2.24, 2.45) is 4.99 Å². The second-order valence-electron chi connectivity index (χ2n) is 8.30. The number of aromatic nitrogens is 1. The zero-order valence-corrected chi connectivity index (χ0v) is 21.1. The highest BCUT2D eigenvalue weighted by Crippen LogP contribution is 2.29. The van der Waals surface area contributed by atoms with E-state index in [0.29, 0.717) is 42.0 Å².